The minimum atomic E-state index is 0.238. The summed E-state index contributed by atoms with van der Waals surface area (Å²) in [5.41, 5.74) is 2.39. The molecule has 0 aliphatic carbocycles. The van der Waals surface area contributed by atoms with Gasteiger partial charge in [-0.05, 0) is 23.3 Å². The van der Waals surface area contributed by atoms with Crippen LogP contribution in [-0.2, 0) is 10.5 Å². The zero-order chi connectivity index (χ0) is 18.9. The van der Waals surface area contributed by atoms with E-state index in [2.05, 4.69) is 41.3 Å². The number of nitrogens with zero attached hydrogens (tertiary/aromatic N) is 2. The monoisotopic (exact) mass is 400 g/mol. The Morgan fingerprint density at radius 3 is 2.56 bits per heavy atom. The van der Waals surface area contributed by atoms with Gasteiger partial charge in [0.15, 0.2) is 0 Å². The van der Waals surface area contributed by atoms with Crippen LogP contribution in [0.25, 0.3) is 6.08 Å². The van der Waals surface area contributed by atoms with Gasteiger partial charge < -0.3 is 4.90 Å². The summed E-state index contributed by atoms with van der Waals surface area (Å²) < 4.78 is 0. The van der Waals surface area contributed by atoms with Crippen LogP contribution in [0, 0.1) is 0 Å². The lowest BCUT2D eigenvalue weighted by Gasteiger charge is -2.34. The second-order valence-corrected chi connectivity index (χ2v) is 8.04. The molecule has 2 aromatic carbocycles. The Labute approximate surface area is 171 Å². The Kier molecular flexibility index (Phi) is 7.81. The highest BCUT2D eigenvalue weighted by Gasteiger charge is 2.20. The van der Waals surface area contributed by atoms with Gasteiger partial charge in [-0.25, -0.2) is 0 Å². The summed E-state index contributed by atoms with van der Waals surface area (Å²) in [6, 6.07) is 18.2. The first-order valence-electron chi connectivity index (χ1n) is 9.24. The van der Waals surface area contributed by atoms with Crippen LogP contribution < -0.4 is 0 Å². The minimum absolute atomic E-state index is 0.238. The first-order valence-corrected chi connectivity index (χ1v) is 10.8. The molecule has 2 aromatic rings. The largest absolute Gasteiger partial charge is 0.339 e. The van der Waals surface area contributed by atoms with Crippen LogP contribution in [0.5, 0.6) is 0 Å². The maximum atomic E-state index is 12.4. The van der Waals surface area contributed by atoms with E-state index in [4.69, 9.17) is 11.6 Å². The van der Waals surface area contributed by atoms with Crippen LogP contribution in [-0.4, -0.2) is 54.2 Å². The molecule has 1 heterocycles. The molecule has 27 heavy (non-hydrogen) atoms. The molecule has 5 heteroatoms. The van der Waals surface area contributed by atoms with E-state index in [9.17, 15) is 4.79 Å². The van der Waals surface area contributed by atoms with Crippen molar-refractivity contribution in [1.82, 2.24) is 9.80 Å². The van der Waals surface area contributed by atoms with Crippen LogP contribution in [0.15, 0.2) is 60.7 Å². The van der Waals surface area contributed by atoms with Crippen molar-refractivity contribution in [3.05, 3.63) is 76.8 Å². The molecule has 142 valence electrons. The molecule has 1 saturated heterocycles. The van der Waals surface area contributed by atoms with Gasteiger partial charge in [-0.1, -0.05) is 66.2 Å². The van der Waals surface area contributed by atoms with Crippen molar-refractivity contribution in [2.45, 2.75) is 5.75 Å². The Hall–Kier alpha value is -1.75. The molecule has 0 atom stereocenters. The summed E-state index contributed by atoms with van der Waals surface area (Å²) in [7, 11) is 0. The van der Waals surface area contributed by atoms with E-state index in [1.54, 1.807) is 11.8 Å². The third kappa shape index (κ3) is 6.73. The fraction of sp³-hybridized carbons (Fsp3) is 0.318. The van der Waals surface area contributed by atoms with Crippen molar-refractivity contribution in [2.75, 3.05) is 38.5 Å². The van der Waals surface area contributed by atoms with Gasteiger partial charge in [0.05, 0.1) is 5.75 Å². The normalized spacial score (nSPS) is 15.4. The quantitative estimate of drug-likeness (QED) is 0.686. The van der Waals surface area contributed by atoms with E-state index in [-0.39, 0.29) is 5.91 Å². The molecule has 3 rings (SSSR count). The summed E-state index contributed by atoms with van der Waals surface area (Å²) >= 11 is 7.65. The maximum Gasteiger partial charge on any atom is 0.232 e. The fourth-order valence-corrected chi connectivity index (χ4v) is 4.14. The molecular formula is C22H25ClN2OS. The van der Waals surface area contributed by atoms with Crippen molar-refractivity contribution in [3.8, 4) is 0 Å². The molecule has 3 nitrogen and oxygen atoms in total. The second kappa shape index (κ2) is 10.5. The van der Waals surface area contributed by atoms with Gasteiger partial charge >= 0.3 is 0 Å². The van der Waals surface area contributed by atoms with Crippen LogP contribution >= 0.6 is 23.4 Å². The molecule has 0 saturated carbocycles. The molecule has 0 aromatic heterocycles. The lowest BCUT2D eigenvalue weighted by atomic mass is 10.2. The molecule has 0 unspecified atom stereocenters. The number of benzene rings is 2. The summed E-state index contributed by atoms with van der Waals surface area (Å²) in [6.45, 7) is 4.43. The molecule has 1 fully saturated rings. The topological polar surface area (TPSA) is 23.6 Å². The Balaban J connectivity index is 1.34. The Morgan fingerprint density at radius 2 is 1.81 bits per heavy atom. The molecule has 0 bridgehead atoms. The average Bonchev–Trinajstić information content (AvgIpc) is 2.69. The molecule has 1 amide bonds. The number of thioether (sulfide) groups is 1. The van der Waals surface area contributed by atoms with Gasteiger partial charge in [-0.3, -0.25) is 9.69 Å². The first kappa shape index (κ1) is 20.0. The summed E-state index contributed by atoms with van der Waals surface area (Å²) in [6.07, 6.45) is 4.36. The lowest BCUT2D eigenvalue weighted by molar-refractivity contribution is -0.129. The minimum Gasteiger partial charge on any atom is -0.339 e. The Bertz CT molecular complexity index is 758. The van der Waals surface area contributed by atoms with Gasteiger partial charge in [0.25, 0.3) is 0 Å². The average molecular weight is 401 g/mol. The van der Waals surface area contributed by atoms with E-state index in [0.717, 1.165) is 49.1 Å². The number of carbonyl (C=O) groups is 1. The highest BCUT2D eigenvalue weighted by atomic mass is 35.5. The highest BCUT2D eigenvalue weighted by molar-refractivity contribution is 7.99. The van der Waals surface area contributed by atoms with Crippen LogP contribution in [0.4, 0.5) is 0 Å². The fourth-order valence-electron chi connectivity index (χ4n) is 3.06. The maximum absolute atomic E-state index is 12.4. The van der Waals surface area contributed by atoms with E-state index in [1.165, 1.54) is 5.56 Å². The number of rotatable bonds is 7. The third-order valence-electron chi connectivity index (χ3n) is 4.58. The van der Waals surface area contributed by atoms with E-state index in [1.807, 2.05) is 35.2 Å². The summed E-state index contributed by atoms with van der Waals surface area (Å²) in [5, 5.41) is 0.747. The number of hydrogen-bond acceptors (Lipinski definition) is 3. The smallest absolute Gasteiger partial charge is 0.232 e. The van der Waals surface area contributed by atoms with Crippen molar-refractivity contribution in [2.24, 2.45) is 0 Å². The predicted octanol–water partition coefficient (Wildman–Crippen LogP) is 4.43. The molecule has 1 aliphatic heterocycles. The van der Waals surface area contributed by atoms with Crippen LogP contribution in [0.3, 0.4) is 0 Å². The van der Waals surface area contributed by atoms with Crippen LogP contribution in [0.1, 0.15) is 11.1 Å². The second-order valence-electron chi connectivity index (χ2n) is 6.62. The van der Waals surface area contributed by atoms with Crippen molar-refractivity contribution < 1.29 is 4.79 Å². The lowest BCUT2D eigenvalue weighted by Crippen LogP contribution is -2.49. The SMILES string of the molecule is O=C(CSCc1cccc(Cl)c1)N1CCN(C/C=C/c2ccccc2)CC1. The number of carbonyl (C=O) groups excluding carboxylic acids is 1. The number of hydrogen-bond donors (Lipinski definition) is 0. The molecule has 0 N–H and O–H groups in total. The molecule has 1 aliphatic rings. The van der Waals surface area contributed by atoms with E-state index < -0.39 is 0 Å². The highest BCUT2D eigenvalue weighted by Crippen LogP contribution is 2.17. The van der Waals surface area contributed by atoms with E-state index >= 15 is 0 Å². The first-order chi connectivity index (χ1) is 13.2. The number of piperazine rings is 1. The summed E-state index contributed by atoms with van der Waals surface area (Å²) in [4.78, 5) is 16.8. The van der Waals surface area contributed by atoms with Gasteiger partial charge in [0, 0.05) is 43.5 Å². The standard InChI is InChI=1S/C22H25ClN2OS/c23-21-10-4-8-20(16-21)17-27-18-22(26)25-14-12-24(13-15-25)11-5-9-19-6-2-1-3-7-19/h1-10,16H,11-15,17-18H2/b9-5+. The van der Waals surface area contributed by atoms with Crippen molar-refractivity contribution in [3.63, 3.8) is 0 Å². The van der Waals surface area contributed by atoms with Crippen molar-refractivity contribution >= 4 is 35.3 Å². The van der Waals surface area contributed by atoms with E-state index in [0.29, 0.717) is 5.75 Å². The molecule has 0 spiro atoms. The number of halogens is 1. The van der Waals surface area contributed by atoms with Gasteiger partial charge in [-0.2, -0.15) is 0 Å². The zero-order valence-electron chi connectivity index (χ0n) is 15.4. The van der Waals surface area contributed by atoms with Gasteiger partial charge in [0.2, 0.25) is 5.91 Å². The van der Waals surface area contributed by atoms with Crippen molar-refractivity contribution in [1.29, 1.82) is 0 Å². The van der Waals surface area contributed by atoms with Gasteiger partial charge in [-0.15, -0.1) is 11.8 Å². The predicted molar refractivity (Wildman–Crippen MR) is 116 cm³/mol. The third-order valence-corrected chi connectivity index (χ3v) is 5.81. The summed E-state index contributed by atoms with van der Waals surface area (Å²) in [5.74, 6) is 1.58. The molecular weight excluding hydrogens is 376 g/mol. The number of amides is 1. The van der Waals surface area contributed by atoms with Gasteiger partial charge in [0.1, 0.15) is 0 Å². The van der Waals surface area contributed by atoms with Crippen LogP contribution in [0.2, 0.25) is 5.02 Å². The zero-order valence-corrected chi connectivity index (χ0v) is 17.0. The molecule has 0 radical (unpaired) electrons. The Morgan fingerprint density at radius 1 is 1.04 bits per heavy atom.